The molecule has 1 aromatic heterocycles. The van der Waals surface area contributed by atoms with E-state index in [0.717, 1.165) is 0 Å². The molecule has 0 aliphatic rings. The maximum absolute atomic E-state index is 10.7. The van der Waals surface area contributed by atoms with Gasteiger partial charge in [-0.3, -0.25) is 10.1 Å². The van der Waals surface area contributed by atoms with Crippen LogP contribution in [0.2, 0.25) is 0 Å². The van der Waals surface area contributed by atoms with Gasteiger partial charge < -0.3 is 10.2 Å². The Kier molecular flexibility index (Phi) is 4.52. The maximum atomic E-state index is 10.7. The zero-order valence-corrected chi connectivity index (χ0v) is 9.68. The third-order valence-electron chi connectivity index (χ3n) is 1.63. The molecule has 0 amide bonds. The predicted octanol–water partition coefficient (Wildman–Crippen LogP) is 1.79. The Hall–Kier alpha value is -0.630. The van der Waals surface area contributed by atoms with Crippen LogP contribution in [0.15, 0.2) is 10.3 Å². The molecule has 1 aromatic rings. The van der Waals surface area contributed by atoms with E-state index in [9.17, 15) is 15.2 Å². The van der Waals surface area contributed by atoms with Crippen LogP contribution in [0.25, 0.3) is 0 Å². The van der Waals surface area contributed by atoms with Crippen molar-refractivity contribution in [3.63, 3.8) is 0 Å². The van der Waals surface area contributed by atoms with Gasteiger partial charge in [0.05, 0.1) is 17.6 Å². The molecule has 2 N–H and O–H groups in total. The molecule has 0 fully saturated rings. The zero-order chi connectivity index (χ0) is 11.4. The average Bonchev–Trinajstić information content (AvgIpc) is 2.58. The minimum atomic E-state index is -0.697. The number of hydrogen-bond donors (Lipinski definition) is 2. The SMILES string of the molecule is C[C@@H](O)c1cc([N+](=O)[O-])c(SCCO)s1. The first-order chi connectivity index (χ1) is 7.06. The fourth-order valence-corrected chi connectivity index (χ4v) is 3.08. The van der Waals surface area contributed by atoms with Crippen LogP contribution in [0, 0.1) is 10.1 Å². The van der Waals surface area contributed by atoms with Crippen molar-refractivity contribution >= 4 is 28.8 Å². The van der Waals surface area contributed by atoms with Gasteiger partial charge in [-0.05, 0) is 6.92 Å². The molecular weight excluding hydrogens is 238 g/mol. The van der Waals surface area contributed by atoms with Crippen LogP contribution in [-0.2, 0) is 0 Å². The summed E-state index contributed by atoms with van der Waals surface area (Å²) in [4.78, 5) is 10.8. The highest BCUT2D eigenvalue weighted by Crippen LogP contribution is 2.39. The number of aliphatic hydroxyl groups excluding tert-OH is 2. The molecule has 1 rings (SSSR count). The van der Waals surface area contributed by atoms with Gasteiger partial charge in [-0.2, -0.15) is 0 Å². The van der Waals surface area contributed by atoms with E-state index in [0.29, 0.717) is 14.8 Å². The molecule has 0 aliphatic heterocycles. The van der Waals surface area contributed by atoms with Crippen LogP contribution >= 0.6 is 23.1 Å². The summed E-state index contributed by atoms with van der Waals surface area (Å²) in [5.74, 6) is 0.417. The minimum Gasteiger partial charge on any atom is -0.396 e. The van der Waals surface area contributed by atoms with Gasteiger partial charge in [0.25, 0.3) is 5.69 Å². The van der Waals surface area contributed by atoms with Crippen LogP contribution in [0.3, 0.4) is 0 Å². The fraction of sp³-hybridized carbons (Fsp3) is 0.500. The predicted molar refractivity (Wildman–Crippen MR) is 59.4 cm³/mol. The second-order valence-electron chi connectivity index (χ2n) is 2.83. The summed E-state index contributed by atoms with van der Waals surface area (Å²) in [5.41, 5.74) is 0.00866. The van der Waals surface area contributed by atoms with Gasteiger partial charge in [-0.1, -0.05) is 0 Å². The van der Waals surface area contributed by atoms with Crippen molar-refractivity contribution in [2.24, 2.45) is 0 Å². The van der Waals surface area contributed by atoms with Crippen molar-refractivity contribution in [1.29, 1.82) is 0 Å². The minimum absolute atomic E-state index is 0.00866. The summed E-state index contributed by atoms with van der Waals surface area (Å²) >= 11 is 2.43. The molecule has 5 nitrogen and oxygen atoms in total. The number of thiophene rings is 1. The molecule has 1 atom stereocenters. The number of aliphatic hydroxyl groups is 2. The van der Waals surface area contributed by atoms with Gasteiger partial charge in [0.1, 0.15) is 4.21 Å². The number of nitro groups is 1. The zero-order valence-electron chi connectivity index (χ0n) is 8.04. The Bertz CT molecular complexity index is 350. The molecule has 7 heteroatoms. The van der Waals surface area contributed by atoms with Gasteiger partial charge in [0.2, 0.25) is 0 Å². The molecule has 0 bridgehead atoms. The van der Waals surface area contributed by atoms with E-state index in [-0.39, 0.29) is 12.3 Å². The van der Waals surface area contributed by atoms with E-state index < -0.39 is 11.0 Å². The molecule has 0 radical (unpaired) electrons. The summed E-state index contributed by atoms with van der Waals surface area (Å²) in [6, 6.07) is 1.38. The second-order valence-corrected chi connectivity index (χ2v) is 5.27. The highest BCUT2D eigenvalue weighted by atomic mass is 32.2. The third kappa shape index (κ3) is 3.16. The highest BCUT2D eigenvalue weighted by molar-refractivity contribution is 8.01. The molecule has 0 aliphatic carbocycles. The smallest absolute Gasteiger partial charge is 0.294 e. The lowest BCUT2D eigenvalue weighted by Crippen LogP contribution is -1.89. The van der Waals surface area contributed by atoms with Crippen LogP contribution in [0.4, 0.5) is 5.69 Å². The van der Waals surface area contributed by atoms with Crippen LogP contribution in [0.1, 0.15) is 17.9 Å². The lowest BCUT2D eigenvalue weighted by Gasteiger charge is -1.96. The largest absolute Gasteiger partial charge is 0.396 e. The molecule has 0 saturated heterocycles. The van der Waals surface area contributed by atoms with Crippen LogP contribution < -0.4 is 0 Å². The van der Waals surface area contributed by atoms with Crippen molar-refractivity contribution in [3.05, 3.63) is 21.1 Å². The quantitative estimate of drug-likeness (QED) is 0.472. The summed E-state index contributed by atoms with van der Waals surface area (Å²) < 4.78 is 0.532. The number of nitrogens with zero attached hydrogens (tertiary/aromatic N) is 1. The topological polar surface area (TPSA) is 83.6 Å². The Morgan fingerprint density at radius 1 is 1.73 bits per heavy atom. The first kappa shape index (κ1) is 12.4. The van der Waals surface area contributed by atoms with Crippen molar-refractivity contribution in [3.8, 4) is 0 Å². The van der Waals surface area contributed by atoms with Gasteiger partial charge in [0, 0.05) is 16.7 Å². The molecule has 0 unspecified atom stereocenters. The van der Waals surface area contributed by atoms with Crippen LogP contribution in [0.5, 0.6) is 0 Å². The summed E-state index contributed by atoms with van der Waals surface area (Å²) in [7, 11) is 0. The number of hydrogen-bond acceptors (Lipinski definition) is 6. The molecule has 1 heterocycles. The standard InChI is InChI=1S/C8H11NO4S2/c1-5(11)7-4-6(9(12)13)8(15-7)14-3-2-10/h4-5,10-11H,2-3H2,1H3/t5-/m1/s1. The Morgan fingerprint density at radius 3 is 2.87 bits per heavy atom. The maximum Gasteiger partial charge on any atom is 0.294 e. The summed E-state index contributed by atoms with van der Waals surface area (Å²) in [6.07, 6.45) is -0.697. The average molecular weight is 249 g/mol. The molecule has 0 spiro atoms. The van der Waals surface area contributed by atoms with Gasteiger partial charge in [0.15, 0.2) is 0 Å². The molecular formula is C8H11NO4S2. The van der Waals surface area contributed by atoms with Crippen molar-refractivity contribution in [1.82, 2.24) is 0 Å². The lowest BCUT2D eigenvalue weighted by molar-refractivity contribution is -0.387. The van der Waals surface area contributed by atoms with Gasteiger partial charge in [-0.25, -0.2) is 0 Å². The van der Waals surface area contributed by atoms with E-state index in [1.54, 1.807) is 6.92 Å². The fourth-order valence-electron chi connectivity index (χ4n) is 0.957. The molecule has 0 saturated carbocycles. The van der Waals surface area contributed by atoms with E-state index in [4.69, 9.17) is 5.11 Å². The van der Waals surface area contributed by atoms with Crippen molar-refractivity contribution in [2.75, 3.05) is 12.4 Å². The van der Waals surface area contributed by atoms with Crippen LogP contribution in [-0.4, -0.2) is 27.5 Å². The van der Waals surface area contributed by atoms with E-state index in [2.05, 4.69) is 0 Å². The van der Waals surface area contributed by atoms with E-state index in [1.807, 2.05) is 0 Å². The first-order valence-corrected chi connectivity index (χ1v) is 6.06. The van der Waals surface area contributed by atoms with E-state index >= 15 is 0 Å². The van der Waals surface area contributed by atoms with E-state index in [1.165, 1.54) is 29.2 Å². The number of thioether (sulfide) groups is 1. The number of rotatable bonds is 5. The molecule has 0 aromatic carbocycles. The normalized spacial score (nSPS) is 12.7. The Morgan fingerprint density at radius 2 is 2.40 bits per heavy atom. The van der Waals surface area contributed by atoms with Crippen molar-refractivity contribution < 1.29 is 15.1 Å². The Balaban J connectivity index is 2.95. The van der Waals surface area contributed by atoms with Crippen molar-refractivity contribution in [2.45, 2.75) is 17.2 Å². The third-order valence-corrected chi connectivity index (χ3v) is 4.18. The van der Waals surface area contributed by atoms with Gasteiger partial charge in [-0.15, -0.1) is 23.1 Å². The highest BCUT2D eigenvalue weighted by Gasteiger charge is 2.20. The van der Waals surface area contributed by atoms with Gasteiger partial charge >= 0.3 is 0 Å². The Labute approximate surface area is 94.9 Å². The lowest BCUT2D eigenvalue weighted by atomic mass is 10.3. The summed E-state index contributed by atoms with van der Waals surface area (Å²) in [5, 5.41) is 28.6. The first-order valence-electron chi connectivity index (χ1n) is 4.26. The molecule has 84 valence electrons. The molecule has 15 heavy (non-hydrogen) atoms. The summed E-state index contributed by atoms with van der Waals surface area (Å²) in [6.45, 7) is 1.54. The second kappa shape index (κ2) is 5.45. The monoisotopic (exact) mass is 249 g/mol.